The van der Waals surface area contributed by atoms with E-state index in [0.717, 1.165) is 0 Å². The average molecular weight is 309 g/mol. The van der Waals surface area contributed by atoms with E-state index in [2.05, 4.69) is 15.8 Å². The van der Waals surface area contributed by atoms with Crippen molar-refractivity contribution in [3.05, 3.63) is 29.2 Å². The number of hydrogen-bond acceptors (Lipinski definition) is 5. The number of nitrogens with one attached hydrogen (secondary N) is 2. The molecule has 122 valence electrons. The second-order valence-electron chi connectivity index (χ2n) is 5.88. The molecule has 0 atom stereocenters. The van der Waals surface area contributed by atoms with E-state index >= 15 is 0 Å². The lowest BCUT2D eigenvalue weighted by atomic mass is 10.2. The molecule has 0 fully saturated rings. The van der Waals surface area contributed by atoms with Crippen LogP contribution in [0.15, 0.2) is 22.2 Å². The standard InChI is InChI=1S/C15H23N3O4/c1-10(6-7-16-14(20)21-15(3,4)5)13(19)17-9-12-8-11(2)22-18-12/h6,8H,7,9H2,1-5H3,(H,16,20)(H,17,19). The minimum absolute atomic E-state index is 0.219. The van der Waals surface area contributed by atoms with Gasteiger partial charge >= 0.3 is 6.09 Å². The SMILES string of the molecule is CC(=CCNC(=O)OC(C)(C)C)C(=O)NCc1cc(C)on1. The maximum absolute atomic E-state index is 11.8. The van der Waals surface area contributed by atoms with Gasteiger partial charge in [-0.05, 0) is 34.6 Å². The Labute approximate surface area is 130 Å². The maximum Gasteiger partial charge on any atom is 0.407 e. The van der Waals surface area contributed by atoms with Gasteiger partial charge in [-0.3, -0.25) is 4.79 Å². The van der Waals surface area contributed by atoms with Crippen molar-refractivity contribution in [3.63, 3.8) is 0 Å². The normalized spacial score (nSPS) is 12.0. The first kappa shape index (κ1) is 17.7. The molecule has 0 aliphatic carbocycles. The minimum atomic E-state index is -0.546. The summed E-state index contributed by atoms with van der Waals surface area (Å²) in [6.45, 7) is 9.32. The van der Waals surface area contributed by atoms with Gasteiger partial charge in [-0.15, -0.1) is 0 Å². The van der Waals surface area contributed by atoms with Gasteiger partial charge in [0.1, 0.15) is 17.1 Å². The smallest absolute Gasteiger partial charge is 0.407 e. The summed E-state index contributed by atoms with van der Waals surface area (Å²) >= 11 is 0. The number of ether oxygens (including phenoxy) is 1. The molecule has 0 spiro atoms. The lowest BCUT2D eigenvalue weighted by Gasteiger charge is -2.19. The van der Waals surface area contributed by atoms with E-state index in [9.17, 15) is 9.59 Å². The third-order valence-corrected chi connectivity index (χ3v) is 2.52. The second-order valence-corrected chi connectivity index (χ2v) is 5.88. The average Bonchev–Trinajstić information content (AvgIpc) is 2.79. The van der Waals surface area contributed by atoms with Crippen LogP contribution < -0.4 is 10.6 Å². The van der Waals surface area contributed by atoms with E-state index in [1.807, 2.05) is 0 Å². The zero-order valence-electron chi connectivity index (χ0n) is 13.6. The van der Waals surface area contributed by atoms with Crippen LogP contribution in [0.1, 0.15) is 39.1 Å². The summed E-state index contributed by atoms with van der Waals surface area (Å²) in [5.41, 5.74) is 0.609. The van der Waals surface area contributed by atoms with Gasteiger partial charge in [-0.1, -0.05) is 11.2 Å². The van der Waals surface area contributed by atoms with Gasteiger partial charge in [0.2, 0.25) is 5.91 Å². The Morgan fingerprint density at radius 1 is 1.36 bits per heavy atom. The van der Waals surface area contributed by atoms with Gasteiger partial charge in [0, 0.05) is 18.2 Å². The molecule has 2 N–H and O–H groups in total. The van der Waals surface area contributed by atoms with Crippen LogP contribution in [0.2, 0.25) is 0 Å². The molecule has 0 saturated carbocycles. The number of carbonyl (C=O) groups is 2. The minimum Gasteiger partial charge on any atom is -0.444 e. The maximum atomic E-state index is 11.8. The van der Waals surface area contributed by atoms with Crippen LogP contribution >= 0.6 is 0 Å². The molecular weight excluding hydrogens is 286 g/mol. The van der Waals surface area contributed by atoms with Crippen LogP contribution in [0.4, 0.5) is 4.79 Å². The number of aryl methyl sites for hydroxylation is 1. The molecule has 7 heteroatoms. The van der Waals surface area contributed by atoms with Crippen molar-refractivity contribution in [2.75, 3.05) is 6.54 Å². The molecule has 22 heavy (non-hydrogen) atoms. The number of nitrogens with zero attached hydrogens (tertiary/aromatic N) is 1. The van der Waals surface area contributed by atoms with Crippen molar-refractivity contribution in [1.82, 2.24) is 15.8 Å². The first-order valence-electron chi connectivity index (χ1n) is 7.01. The van der Waals surface area contributed by atoms with E-state index in [4.69, 9.17) is 9.26 Å². The van der Waals surface area contributed by atoms with E-state index in [1.165, 1.54) is 0 Å². The number of alkyl carbamates (subject to hydrolysis) is 1. The molecule has 1 heterocycles. The van der Waals surface area contributed by atoms with E-state index in [0.29, 0.717) is 23.6 Å². The van der Waals surface area contributed by atoms with Crippen LogP contribution in [0.5, 0.6) is 0 Å². The second kappa shape index (κ2) is 7.63. The number of carbonyl (C=O) groups excluding carboxylic acids is 2. The van der Waals surface area contributed by atoms with Crippen LogP contribution in [-0.2, 0) is 16.1 Å². The van der Waals surface area contributed by atoms with Crippen molar-refractivity contribution in [3.8, 4) is 0 Å². The molecule has 0 aromatic carbocycles. The summed E-state index contributed by atoms with van der Waals surface area (Å²) < 4.78 is 10.0. The molecule has 0 bridgehead atoms. The van der Waals surface area contributed by atoms with E-state index in [-0.39, 0.29) is 12.5 Å². The van der Waals surface area contributed by atoms with Gasteiger partial charge in [0.15, 0.2) is 0 Å². The quantitative estimate of drug-likeness (QED) is 0.812. The zero-order valence-corrected chi connectivity index (χ0v) is 13.6. The van der Waals surface area contributed by atoms with Crippen molar-refractivity contribution < 1.29 is 18.8 Å². The summed E-state index contributed by atoms with van der Waals surface area (Å²) in [7, 11) is 0. The van der Waals surface area contributed by atoms with Gasteiger partial charge in [0.25, 0.3) is 0 Å². The molecule has 0 unspecified atom stereocenters. The predicted molar refractivity (Wildman–Crippen MR) is 81.1 cm³/mol. The van der Waals surface area contributed by atoms with Crippen molar-refractivity contribution in [1.29, 1.82) is 0 Å². The lowest BCUT2D eigenvalue weighted by molar-refractivity contribution is -0.117. The Morgan fingerprint density at radius 3 is 2.59 bits per heavy atom. The number of rotatable bonds is 5. The van der Waals surface area contributed by atoms with Crippen LogP contribution in [0.25, 0.3) is 0 Å². The summed E-state index contributed by atoms with van der Waals surface area (Å²) in [6, 6.07) is 1.75. The topological polar surface area (TPSA) is 93.5 Å². The highest BCUT2D eigenvalue weighted by Gasteiger charge is 2.15. The molecule has 7 nitrogen and oxygen atoms in total. The third kappa shape index (κ3) is 6.92. The lowest BCUT2D eigenvalue weighted by Crippen LogP contribution is -2.33. The Bertz CT molecular complexity index is 555. The fraction of sp³-hybridized carbons (Fsp3) is 0.533. The highest BCUT2D eigenvalue weighted by molar-refractivity contribution is 5.92. The number of hydrogen-bond donors (Lipinski definition) is 2. The number of amides is 2. The van der Waals surface area contributed by atoms with Crippen molar-refractivity contribution in [2.45, 2.75) is 46.8 Å². The molecular formula is C15H23N3O4. The predicted octanol–water partition coefficient (Wildman–Crippen LogP) is 2.07. The van der Waals surface area contributed by atoms with Crippen molar-refractivity contribution in [2.24, 2.45) is 0 Å². The fourth-order valence-corrected chi connectivity index (χ4v) is 1.51. The molecule has 2 amide bonds. The largest absolute Gasteiger partial charge is 0.444 e. The van der Waals surface area contributed by atoms with E-state index in [1.54, 1.807) is 46.8 Å². The van der Waals surface area contributed by atoms with Gasteiger partial charge in [0.05, 0.1) is 6.54 Å². The molecule has 0 aliphatic heterocycles. The monoisotopic (exact) mass is 309 g/mol. The summed E-state index contributed by atoms with van der Waals surface area (Å²) in [5.74, 6) is 0.463. The Hall–Kier alpha value is -2.31. The van der Waals surface area contributed by atoms with Crippen LogP contribution in [0, 0.1) is 6.92 Å². The van der Waals surface area contributed by atoms with Crippen LogP contribution in [0.3, 0.4) is 0 Å². The Morgan fingerprint density at radius 2 is 2.05 bits per heavy atom. The molecule has 0 radical (unpaired) electrons. The summed E-state index contributed by atoms with van der Waals surface area (Å²) in [6.07, 6.45) is 1.10. The first-order valence-corrected chi connectivity index (χ1v) is 7.01. The Balaban J connectivity index is 2.34. The van der Waals surface area contributed by atoms with E-state index < -0.39 is 11.7 Å². The summed E-state index contributed by atoms with van der Waals surface area (Å²) in [5, 5.41) is 9.06. The zero-order chi connectivity index (χ0) is 16.8. The highest BCUT2D eigenvalue weighted by Crippen LogP contribution is 2.06. The first-order chi connectivity index (χ1) is 10.2. The van der Waals surface area contributed by atoms with Crippen molar-refractivity contribution >= 4 is 12.0 Å². The van der Waals surface area contributed by atoms with Crippen LogP contribution in [-0.4, -0.2) is 29.3 Å². The molecule has 0 aliphatic rings. The molecule has 1 rings (SSSR count). The molecule has 0 saturated heterocycles. The van der Waals surface area contributed by atoms with Gasteiger partial charge in [-0.2, -0.15) is 0 Å². The molecule has 1 aromatic heterocycles. The molecule has 1 aromatic rings. The van der Waals surface area contributed by atoms with Gasteiger partial charge in [-0.25, -0.2) is 4.79 Å². The Kier molecular flexibility index (Phi) is 6.15. The highest BCUT2D eigenvalue weighted by atomic mass is 16.6. The summed E-state index contributed by atoms with van der Waals surface area (Å²) in [4.78, 5) is 23.3. The fourth-order valence-electron chi connectivity index (χ4n) is 1.51. The number of aromatic nitrogens is 1. The van der Waals surface area contributed by atoms with Gasteiger partial charge < -0.3 is 19.9 Å². The third-order valence-electron chi connectivity index (χ3n) is 2.52.